The van der Waals surface area contributed by atoms with Crippen molar-refractivity contribution in [1.29, 1.82) is 0 Å². The number of amides is 1. The predicted molar refractivity (Wildman–Crippen MR) is 108 cm³/mol. The van der Waals surface area contributed by atoms with E-state index in [0.717, 1.165) is 31.7 Å². The normalized spacial score (nSPS) is 14.7. The summed E-state index contributed by atoms with van der Waals surface area (Å²) in [4.78, 5) is 17.2. The van der Waals surface area contributed by atoms with Gasteiger partial charge in [0.15, 0.2) is 0 Å². The number of hydrogen-bond donors (Lipinski definition) is 0. The lowest BCUT2D eigenvalue weighted by atomic mass is 10.0. The fraction of sp³-hybridized carbons (Fsp3) is 0.261. The van der Waals surface area contributed by atoms with Crippen LogP contribution in [0.5, 0.6) is 0 Å². The first-order valence-electron chi connectivity index (χ1n) is 9.27. The van der Waals surface area contributed by atoms with E-state index in [1.807, 2.05) is 23.1 Å². The van der Waals surface area contributed by atoms with Crippen LogP contribution in [0.2, 0.25) is 0 Å². The van der Waals surface area contributed by atoms with E-state index in [1.54, 1.807) is 0 Å². The maximum Gasteiger partial charge on any atom is 0.227 e. The highest BCUT2D eigenvalue weighted by Gasteiger charge is 2.22. The van der Waals surface area contributed by atoms with Gasteiger partial charge in [0.05, 0.1) is 6.42 Å². The number of hydrogen-bond acceptors (Lipinski definition) is 2. The molecule has 0 N–H and O–H groups in total. The van der Waals surface area contributed by atoms with Gasteiger partial charge < -0.3 is 9.80 Å². The molecule has 0 unspecified atom stereocenters. The molecule has 1 fully saturated rings. The molecule has 1 amide bonds. The second kappa shape index (κ2) is 7.20. The molecule has 0 radical (unpaired) electrons. The Morgan fingerprint density at radius 3 is 2.35 bits per heavy atom. The number of para-hydroxylation sites is 1. The van der Waals surface area contributed by atoms with Gasteiger partial charge in [0.2, 0.25) is 5.91 Å². The Labute approximate surface area is 154 Å². The second-order valence-electron chi connectivity index (χ2n) is 6.97. The predicted octanol–water partition coefficient (Wildman–Crippen LogP) is 4.04. The number of carbonyl (C=O) groups is 1. The van der Waals surface area contributed by atoms with Crippen LogP contribution in [0.25, 0.3) is 10.8 Å². The highest BCUT2D eigenvalue weighted by Crippen LogP contribution is 2.22. The van der Waals surface area contributed by atoms with Crippen molar-refractivity contribution >= 4 is 22.4 Å². The van der Waals surface area contributed by atoms with Gasteiger partial charge in [-0.2, -0.15) is 0 Å². The molecule has 0 saturated carbocycles. The van der Waals surface area contributed by atoms with Crippen molar-refractivity contribution in [2.75, 3.05) is 31.1 Å². The summed E-state index contributed by atoms with van der Waals surface area (Å²) < 4.78 is 0. The van der Waals surface area contributed by atoms with Crippen molar-refractivity contribution < 1.29 is 4.79 Å². The first kappa shape index (κ1) is 16.6. The highest BCUT2D eigenvalue weighted by molar-refractivity contribution is 5.90. The van der Waals surface area contributed by atoms with E-state index in [2.05, 4.69) is 60.4 Å². The number of piperazine rings is 1. The van der Waals surface area contributed by atoms with Crippen LogP contribution in [0.3, 0.4) is 0 Å². The molecule has 0 spiro atoms. The van der Waals surface area contributed by atoms with Crippen molar-refractivity contribution in [3.8, 4) is 0 Å². The van der Waals surface area contributed by atoms with Crippen LogP contribution in [0.1, 0.15) is 11.1 Å². The minimum absolute atomic E-state index is 0.228. The molecule has 1 aliphatic heterocycles. The molecule has 1 heterocycles. The maximum atomic E-state index is 12.8. The van der Waals surface area contributed by atoms with Gasteiger partial charge in [0, 0.05) is 31.9 Å². The standard InChI is InChI=1S/C23H24N2O/c1-18-7-2-5-12-22(18)24-13-15-25(16-14-24)23(26)17-20-10-6-9-19-8-3-4-11-21(19)20/h2-12H,13-17H2,1H3. The van der Waals surface area contributed by atoms with Gasteiger partial charge in [0.25, 0.3) is 0 Å². The first-order chi connectivity index (χ1) is 12.7. The Morgan fingerprint density at radius 1 is 0.846 bits per heavy atom. The molecule has 26 heavy (non-hydrogen) atoms. The summed E-state index contributed by atoms with van der Waals surface area (Å²) >= 11 is 0. The molecule has 3 nitrogen and oxygen atoms in total. The Balaban J connectivity index is 1.43. The average Bonchev–Trinajstić information content (AvgIpc) is 2.69. The molecule has 0 aliphatic carbocycles. The van der Waals surface area contributed by atoms with Crippen molar-refractivity contribution in [2.45, 2.75) is 13.3 Å². The van der Waals surface area contributed by atoms with Crippen molar-refractivity contribution in [3.05, 3.63) is 77.9 Å². The van der Waals surface area contributed by atoms with Crippen LogP contribution in [0, 0.1) is 6.92 Å². The zero-order valence-corrected chi connectivity index (χ0v) is 15.2. The Bertz CT molecular complexity index is 921. The Morgan fingerprint density at radius 2 is 1.54 bits per heavy atom. The Kier molecular flexibility index (Phi) is 4.61. The van der Waals surface area contributed by atoms with Gasteiger partial charge in [-0.3, -0.25) is 4.79 Å². The van der Waals surface area contributed by atoms with Crippen LogP contribution in [0.4, 0.5) is 5.69 Å². The molecule has 0 aromatic heterocycles. The summed E-state index contributed by atoms with van der Waals surface area (Å²) in [6, 6.07) is 23.0. The van der Waals surface area contributed by atoms with Gasteiger partial charge in [-0.15, -0.1) is 0 Å². The minimum atomic E-state index is 0.228. The summed E-state index contributed by atoms with van der Waals surface area (Å²) in [7, 11) is 0. The molecule has 0 bridgehead atoms. The average molecular weight is 344 g/mol. The maximum absolute atomic E-state index is 12.8. The fourth-order valence-electron chi connectivity index (χ4n) is 3.84. The molecule has 132 valence electrons. The number of carbonyl (C=O) groups excluding carboxylic acids is 1. The van der Waals surface area contributed by atoms with E-state index in [4.69, 9.17) is 0 Å². The quantitative estimate of drug-likeness (QED) is 0.716. The van der Waals surface area contributed by atoms with E-state index >= 15 is 0 Å². The molecule has 0 atom stereocenters. The lowest BCUT2D eigenvalue weighted by Gasteiger charge is -2.37. The van der Waals surface area contributed by atoms with E-state index in [0.29, 0.717) is 6.42 Å². The van der Waals surface area contributed by atoms with E-state index in [9.17, 15) is 4.79 Å². The van der Waals surface area contributed by atoms with Gasteiger partial charge >= 0.3 is 0 Å². The highest BCUT2D eigenvalue weighted by atomic mass is 16.2. The molecule has 1 aliphatic rings. The number of aryl methyl sites for hydroxylation is 1. The fourth-order valence-corrected chi connectivity index (χ4v) is 3.84. The van der Waals surface area contributed by atoms with E-state index < -0.39 is 0 Å². The van der Waals surface area contributed by atoms with Crippen LogP contribution in [-0.4, -0.2) is 37.0 Å². The smallest absolute Gasteiger partial charge is 0.227 e. The topological polar surface area (TPSA) is 23.6 Å². The Hall–Kier alpha value is -2.81. The summed E-state index contributed by atoms with van der Waals surface area (Å²) in [5.41, 5.74) is 3.70. The van der Waals surface area contributed by atoms with Crippen LogP contribution >= 0.6 is 0 Å². The number of fused-ring (bicyclic) bond motifs is 1. The van der Waals surface area contributed by atoms with Crippen molar-refractivity contribution in [2.24, 2.45) is 0 Å². The lowest BCUT2D eigenvalue weighted by Crippen LogP contribution is -2.49. The third-order valence-electron chi connectivity index (χ3n) is 5.31. The number of nitrogens with zero attached hydrogens (tertiary/aromatic N) is 2. The molecule has 4 rings (SSSR count). The van der Waals surface area contributed by atoms with Gasteiger partial charge in [0.1, 0.15) is 0 Å². The summed E-state index contributed by atoms with van der Waals surface area (Å²) in [5.74, 6) is 0.228. The zero-order chi connectivity index (χ0) is 17.9. The van der Waals surface area contributed by atoms with E-state index in [1.165, 1.54) is 22.0 Å². The lowest BCUT2D eigenvalue weighted by molar-refractivity contribution is -0.130. The molecular weight excluding hydrogens is 320 g/mol. The summed E-state index contributed by atoms with van der Waals surface area (Å²) in [6.07, 6.45) is 0.478. The minimum Gasteiger partial charge on any atom is -0.368 e. The molecule has 3 aromatic rings. The zero-order valence-electron chi connectivity index (χ0n) is 15.2. The molecule has 3 heteroatoms. The number of rotatable bonds is 3. The van der Waals surface area contributed by atoms with Gasteiger partial charge in [-0.1, -0.05) is 60.7 Å². The van der Waals surface area contributed by atoms with Crippen LogP contribution in [-0.2, 0) is 11.2 Å². The number of benzene rings is 3. The summed E-state index contributed by atoms with van der Waals surface area (Å²) in [6.45, 7) is 5.52. The monoisotopic (exact) mass is 344 g/mol. The molecule has 1 saturated heterocycles. The van der Waals surface area contributed by atoms with Crippen LogP contribution < -0.4 is 4.90 Å². The third-order valence-corrected chi connectivity index (χ3v) is 5.31. The van der Waals surface area contributed by atoms with Crippen LogP contribution in [0.15, 0.2) is 66.7 Å². The van der Waals surface area contributed by atoms with Crippen molar-refractivity contribution in [3.63, 3.8) is 0 Å². The molecular formula is C23H24N2O. The molecule has 3 aromatic carbocycles. The van der Waals surface area contributed by atoms with Gasteiger partial charge in [-0.25, -0.2) is 0 Å². The third kappa shape index (κ3) is 3.30. The number of anilines is 1. The SMILES string of the molecule is Cc1ccccc1N1CCN(C(=O)Cc2cccc3ccccc23)CC1. The largest absolute Gasteiger partial charge is 0.368 e. The van der Waals surface area contributed by atoms with E-state index in [-0.39, 0.29) is 5.91 Å². The first-order valence-corrected chi connectivity index (χ1v) is 9.27. The summed E-state index contributed by atoms with van der Waals surface area (Å²) in [5, 5.41) is 2.38. The van der Waals surface area contributed by atoms with Crippen molar-refractivity contribution in [1.82, 2.24) is 4.90 Å². The van der Waals surface area contributed by atoms with Gasteiger partial charge in [-0.05, 0) is 34.9 Å². The second-order valence-corrected chi connectivity index (χ2v) is 6.97.